The van der Waals surface area contributed by atoms with Crippen LogP contribution in [0.4, 0.5) is 5.69 Å². The predicted molar refractivity (Wildman–Crippen MR) is 48.6 cm³/mol. The Kier molecular flexibility index (Phi) is 1.70. The summed E-state index contributed by atoms with van der Waals surface area (Å²) in [6, 6.07) is 3.53. The quantitative estimate of drug-likeness (QED) is 0.683. The maximum Gasteiger partial charge on any atom is 0.107 e. The van der Waals surface area contributed by atoms with Crippen LogP contribution in [0.3, 0.4) is 0 Å². The summed E-state index contributed by atoms with van der Waals surface area (Å²) in [4.78, 5) is 4.16. The van der Waals surface area contributed by atoms with Gasteiger partial charge in [0.05, 0.1) is 11.9 Å². The highest BCUT2D eigenvalue weighted by molar-refractivity contribution is 5.58. The largest absolute Gasteiger partial charge is 0.399 e. The molecule has 0 saturated carbocycles. The van der Waals surface area contributed by atoms with E-state index in [1.54, 1.807) is 29.2 Å². The molecule has 2 aromatic heterocycles. The van der Waals surface area contributed by atoms with Gasteiger partial charge in [0.25, 0.3) is 0 Å². The highest BCUT2D eigenvalue weighted by Gasteiger charge is 2.04. The summed E-state index contributed by atoms with van der Waals surface area (Å²) in [6.45, 7) is 0. The molecule has 0 aliphatic rings. The molecule has 0 aromatic carbocycles. The number of pyridine rings is 1. The zero-order valence-corrected chi connectivity index (χ0v) is 7.18. The van der Waals surface area contributed by atoms with Gasteiger partial charge in [-0.25, -0.2) is 4.68 Å². The van der Waals surface area contributed by atoms with E-state index in [1.807, 2.05) is 7.05 Å². The van der Waals surface area contributed by atoms with Crippen LogP contribution in [0.1, 0.15) is 0 Å². The molecule has 0 amide bonds. The van der Waals surface area contributed by atoms with Crippen LogP contribution in [0.2, 0.25) is 0 Å². The van der Waals surface area contributed by atoms with E-state index in [-0.39, 0.29) is 0 Å². The Morgan fingerprint density at radius 1 is 1.46 bits per heavy atom. The highest BCUT2D eigenvalue weighted by Crippen LogP contribution is 2.15. The summed E-state index contributed by atoms with van der Waals surface area (Å²) in [5.74, 6) is 0. The molecule has 0 aliphatic carbocycles. The number of hydrogen-bond donors (Lipinski definition) is 1. The molecule has 0 bridgehead atoms. The second kappa shape index (κ2) is 2.85. The molecule has 0 aliphatic heterocycles. The fourth-order valence-corrected chi connectivity index (χ4v) is 1.11. The van der Waals surface area contributed by atoms with Crippen LogP contribution in [-0.2, 0) is 7.05 Å². The number of aryl methyl sites for hydroxylation is 1. The number of aromatic nitrogens is 4. The number of nitrogen functional groups attached to an aromatic ring is 1. The third-order valence-corrected chi connectivity index (χ3v) is 1.76. The zero-order valence-electron chi connectivity index (χ0n) is 7.18. The van der Waals surface area contributed by atoms with E-state index < -0.39 is 0 Å². The number of nitrogens with zero attached hydrogens (tertiary/aromatic N) is 4. The van der Waals surface area contributed by atoms with Gasteiger partial charge in [-0.2, -0.15) is 0 Å². The molecular weight excluding hydrogens is 166 g/mol. The van der Waals surface area contributed by atoms with E-state index in [0.29, 0.717) is 5.69 Å². The lowest BCUT2D eigenvalue weighted by atomic mass is 10.2. The van der Waals surface area contributed by atoms with Gasteiger partial charge in [-0.15, -0.1) is 5.10 Å². The lowest BCUT2D eigenvalue weighted by molar-refractivity contribution is 0.719. The monoisotopic (exact) mass is 175 g/mol. The Balaban J connectivity index is 2.53. The minimum Gasteiger partial charge on any atom is -0.399 e. The number of nitrogens with two attached hydrogens (primary N) is 1. The van der Waals surface area contributed by atoms with Crippen LogP contribution in [0.5, 0.6) is 0 Å². The first kappa shape index (κ1) is 7.72. The van der Waals surface area contributed by atoms with Gasteiger partial charge in [0.1, 0.15) is 5.69 Å². The van der Waals surface area contributed by atoms with Crippen LogP contribution in [0, 0.1) is 0 Å². The Labute approximate surface area is 75.2 Å². The summed E-state index contributed by atoms with van der Waals surface area (Å²) in [5.41, 5.74) is 7.95. The second-order valence-electron chi connectivity index (χ2n) is 2.72. The summed E-state index contributed by atoms with van der Waals surface area (Å²) in [5, 5.41) is 7.57. The van der Waals surface area contributed by atoms with Crippen molar-refractivity contribution in [1.29, 1.82) is 0 Å². The van der Waals surface area contributed by atoms with Gasteiger partial charge in [-0.05, 0) is 12.1 Å². The van der Waals surface area contributed by atoms with Crippen molar-refractivity contribution in [1.82, 2.24) is 20.0 Å². The Hall–Kier alpha value is -1.91. The fourth-order valence-electron chi connectivity index (χ4n) is 1.11. The predicted octanol–water partition coefficient (Wildman–Crippen LogP) is 0.459. The minimum absolute atomic E-state index is 0.686. The van der Waals surface area contributed by atoms with Crippen LogP contribution in [0.25, 0.3) is 11.4 Å². The van der Waals surface area contributed by atoms with Crippen molar-refractivity contribution in [3.8, 4) is 11.4 Å². The first-order valence-electron chi connectivity index (χ1n) is 3.84. The third kappa shape index (κ3) is 1.35. The second-order valence-corrected chi connectivity index (χ2v) is 2.72. The van der Waals surface area contributed by atoms with E-state index in [0.717, 1.165) is 11.4 Å². The van der Waals surface area contributed by atoms with Crippen LogP contribution >= 0.6 is 0 Å². The maximum atomic E-state index is 5.62. The number of anilines is 1. The standard InChI is InChI=1S/C8H9N5/c1-13-8(5-11-12-13)7-4-6(9)2-3-10-7/h2-5H,1H3,(H2,9,10). The molecule has 2 N–H and O–H groups in total. The molecule has 2 heterocycles. The molecule has 0 atom stereocenters. The maximum absolute atomic E-state index is 5.62. The molecule has 2 rings (SSSR count). The smallest absolute Gasteiger partial charge is 0.107 e. The van der Waals surface area contributed by atoms with Crippen LogP contribution in [0.15, 0.2) is 24.5 Å². The summed E-state index contributed by atoms with van der Waals surface area (Å²) < 4.78 is 1.65. The Morgan fingerprint density at radius 2 is 2.31 bits per heavy atom. The van der Waals surface area contributed by atoms with Crippen LogP contribution < -0.4 is 5.73 Å². The van der Waals surface area contributed by atoms with E-state index in [2.05, 4.69) is 15.3 Å². The van der Waals surface area contributed by atoms with Gasteiger partial charge < -0.3 is 5.73 Å². The van der Waals surface area contributed by atoms with Crippen molar-refractivity contribution in [3.63, 3.8) is 0 Å². The van der Waals surface area contributed by atoms with E-state index in [1.165, 1.54) is 0 Å². The SMILES string of the molecule is Cn1nncc1-c1cc(N)ccn1. The van der Waals surface area contributed by atoms with Gasteiger partial charge in [0.15, 0.2) is 0 Å². The minimum atomic E-state index is 0.686. The fraction of sp³-hybridized carbons (Fsp3) is 0.125. The van der Waals surface area contributed by atoms with Crippen molar-refractivity contribution in [2.24, 2.45) is 7.05 Å². The average Bonchev–Trinajstić information content (AvgIpc) is 2.51. The third-order valence-electron chi connectivity index (χ3n) is 1.76. The molecule has 66 valence electrons. The van der Waals surface area contributed by atoms with Crippen molar-refractivity contribution in [3.05, 3.63) is 24.5 Å². The van der Waals surface area contributed by atoms with Gasteiger partial charge in [0.2, 0.25) is 0 Å². The Bertz CT molecular complexity index is 420. The lowest BCUT2D eigenvalue weighted by Crippen LogP contribution is -1.96. The van der Waals surface area contributed by atoms with E-state index in [4.69, 9.17) is 5.73 Å². The zero-order chi connectivity index (χ0) is 9.26. The highest BCUT2D eigenvalue weighted by atomic mass is 15.4. The first-order chi connectivity index (χ1) is 6.27. The van der Waals surface area contributed by atoms with Gasteiger partial charge in [0, 0.05) is 18.9 Å². The lowest BCUT2D eigenvalue weighted by Gasteiger charge is -1.99. The normalized spacial score (nSPS) is 10.2. The number of rotatable bonds is 1. The topological polar surface area (TPSA) is 69.6 Å². The Morgan fingerprint density at radius 3 is 2.92 bits per heavy atom. The summed E-state index contributed by atoms with van der Waals surface area (Å²) >= 11 is 0. The van der Waals surface area contributed by atoms with Crippen molar-refractivity contribution in [2.45, 2.75) is 0 Å². The molecule has 0 spiro atoms. The summed E-state index contributed by atoms with van der Waals surface area (Å²) in [6.07, 6.45) is 3.32. The van der Waals surface area contributed by atoms with Crippen molar-refractivity contribution in [2.75, 3.05) is 5.73 Å². The molecule has 0 fully saturated rings. The molecule has 5 nitrogen and oxygen atoms in total. The van der Waals surface area contributed by atoms with Gasteiger partial charge >= 0.3 is 0 Å². The molecule has 0 unspecified atom stereocenters. The van der Waals surface area contributed by atoms with Gasteiger partial charge in [-0.1, -0.05) is 5.21 Å². The molecular formula is C8H9N5. The van der Waals surface area contributed by atoms with E-state index >= 15 is 0 Å². The van der Waals surface area contributed by atoms with E-state index in [9.17, 15) is 0 Å². The average molecular weight is 175 g/mol. The van der Waals surface area contributed by atoms with Crippen molar-refractivity contribution >= 4 is 5.69 Å². The summed E-state index contributed by atoms with van der Waals surface area (Å²) in [7, 11) is 1.81. The first-order valence-corrected chi connectivity index (χ1v) is 3.84. The molecule has 2 aromatic rings. The molecule has 13 heavy (non-hydrogen) atoms. The molecule has 0 saturated heterocycles. The molecule has 5 heteroatoms. The molecule has 0 radical (unpaired) electrons. The van der Waals surface area contributed by atoms with Crippen LogP contribution in [-0.4, -0.2) is 20.0 Å². The number of hydrogen-bond acceptors (Lipinski definition) is 4. The van der Waals surface area contributed by atoms with Gasteiger partial charge in [-0.3, -0.25) is 4.98 Å². The van der Waals surface area contributed by atoms with Crippen molar-refractivity contribution < 1.29 is 0 Å².